The zero-order chi connectivity index (χ0) is 14.3. The molecule has 1 aromatic rings. The fourth-order valence-electron chi connectivity index (χ4n) is 1.38. The molecule has 0 aliphatic heterocycles. The van der Waals surface area contributed by atoms with E-state index in [0.717, 1.165) is 0 Å². The predicted molar refractivity (Wildman–Crippen MR) is 60.0 cm³/mol. The zero-order valence-corrected chi connectivity index (χ0v) is 9.67. The first-order valence-electron chi connectivity index (χ1n) is 5.28. The highest BCUT2D eigenvalue weighted by atomic mass is 19.4. The maximum absolute atomic E-state index is 12.2. The molecule has 0 saturated heterocycles. The zero-order valence-electron chi connectivity index (χ0n) is 9.67. The van der Waals surface area contributed by atoms with Gasteiger partial charge < -0.3 is 4.74 Å². The van der Waals surface area contributed by atoms with Gasteiger partial charge >= 0.3 is 12.1 Å². The summed E-state index contributed by atoms with van der Waals surface area (Å²) in [6, 6.07) is 7.96. The Labute approximate surface area is 106 Å². The highest BCUT2D eigenvalue weighted by molar-refractivity contribution is 5.75. The molecule has 1 aromatic carbocycles. The molecule has 0 radical (unpaired) electrons. The highest BCUT2D eigenvalue weighted by Crippen LogP contribution is 2.26. The molecule has 0 saturated carbocycles. The van der Waals surface area contributed by atoms with Crippen LogP contribution < -0.4 is 0 Å². The monoisotopic (exact) mass is 273 g/mol. The van der Waals surface area contributed by atoms with E-state index in [1.165, 1.54) is 12.1 Å². The summed E-state index contributed by atoms with van der Waals surface area (Å²) in [5, 5.41) is 3.21. The van der Waals surface area contributed by atoms with Crippen LogP contribution in [-0.2, 0) is 9.53 Å². The lowest BCUT2D eigenvalue weighted by atomic mass is 10.1. The minimum absolute atomic E-state index is 0.0180. The third-order valence-corrected chi connectivity index (χ3v) is 2.21. The molecular weight excluding hydrogens is 263 g/mol. The second kappa shape index (κ2) is 6.65. The predicted octanol–water partition coefficient (Wildman–Crippen LogP) is 3.53. The van der Waals surface area contributed by atoms with Crippen molar-refractivity contribution in [1.29, 1.82) is 0 Å². The van der Waals surface area contributed by atoms with Crippen LogP contribution in [0.2, 0.25) is 0 Å². The topological polar surface area (TPSA) is 75.1 Å². The molecule has 5 nitrogen and oxygen atoms in total. The van der Waals surface area contributed by atoms with Crippen LogP contribution in [0.25, 0.3) is 10.4 Å². The highest BCUT2D eigenvalue weighted by Gasteiger charge is 2.42. The molecule has 0 heterocycles. The number of esters is 1. The summed E-state index contributed by atoms with van der Waals surface area (Å²) in [5.41, 5.74) is 8.54. The molecule has 1 rings (SSSR count). The van der Waals surface area contributed by atoms with E-state index < -0.39 is 18.2 Å². The van der Waals surface area contributed by atoms with Crippen molar-refractivity contribution in [2.45, 2.75) is 18.7 Å². The van der Waals surface area contributed by atoms with E-state index in [1.807, 2.05) is 0 Å². The molecule has 19 heavy (non-hydrogen) atoms. The van der Waals surface area contributed by atoms with Crippen molar-refractivity contribution in [2.75, 3.05) is 6.54 Å². The number of ether oxygens (including phenoxy) is 1. The number of alkyl halides is 3. The van der Waals surface area contributed by atoms with Crippen LogP contribution in [0.5, 0.6) is 0 Å². The van der Waals surface area contributed by atoms with Crippen LogP contribution in [0.1, 0.15) is 18.1 Å². The molecule has 1 unspecified atom stereocenters. The Bertz CT molecular complexity index is 470. The van der Waals surface area contributed by atoms with E-state index in [1.54, 1.807) is 18.2 Å². The van der Waals surface area contributed by atoms with E-state index in [4.69, 9.17) is 5.53 Å². The van der Waals surface area contributed by atoms with Crippen LogP contribution in [-0.4, -0.2) is 18.7 Å². The molecule has 0 N–H and O–H groups in total. The molecule has 0 amide bonds. The van der Waals surface area contributed by atoms with Crippen molar-refractivity contribution < 1.29 is 22.7 Å². The maximum Gasteiger partial charge on any atom is 0.490 e. The quantitative estimate of drug-likeness (QED) is 0.356. The van der Waals surface area contributed by atoms with E-state index >= 15 is 0 Å². The van der Waals surface area contributed by atoms with Gasteiger partial charge in [0.1, 0.15) is 6.10 Å². The van der Waals surface area contributed by atoms with Crippen LogP contribution in [0.3, 0.4) is 0 Å². The van der Waals surface area contributed by atoms with Gasteiger partial charge in [0.2, 0.25) is 0 Å². The van der Waals surface area contributed by atoms with Gasteiger partial charge in [-0.15, -0.1) is 0 Å². The second-order valence-corrected chi connectivity index (χ2v) is 3.55. The number of azide groups is 1. The molecule has 0 aromatic heterocycles. The minimum Gasteiger partial charge on any atom is -0.451 e. The number of hydrogen-bond acceptors (Lipinski definition) is 3. The molecule has 0 bridgehead atoms. The maximum atomic E-state index is 12.2. The van der Waals surface area contributed by atoms with Gasteiger partial charge in [0.15, 0.2) is 0 Å². The number of hydrogen-bond donors (Lipinski definition) is 0. The molecule has 0 aliphatic rings. The number of carbonyl (C=O) groups is 1. The van der Waals surface area contributed by atoms with Crippen molar-refractivity contribution in [1.82, 2.24) is 0 Å². The molecule has 0 aliphatic carbocycles. The van der Waals surface area contributed by atoms with Gasteiger partial charge in [-0.3, -0.25) is 0 Å². The third kappa shape index (κ3) is 4.89. The Morgan fingerprint density at radius 1 is 1.37 bits per heavy atom. The normalized spacial score (nSPS) is 12.4. The lowest BCUT2D eigenvalue weighted by molar-refractivity contribution is -0.205. The van der Waals surface area contributed by atoms with Gasteiger partial charge in [0.25, 0.3) is 0 Å². The van der Waals surface area contributed by atoms with Crippen molar-refractivity contribution in [3.05, 3.63) is 46.3 Å². The molecule has 0 fully saturated rings. The lowest BCUT2D eigenvalue weighted by Gasteiger charge is -2.18. The molecule has 1 atom stereocenters. The minimum atomic E-state index is -5.05. The van der Waals surface area contributed by atoms with Gasteiger partial charge in [-0.25, -0.2) is 4.79 Å². The van der Waals surface area contributed by atoms with Gasteiger partial charge in [-0.05, 0) is 17.5 Å². The van der Waals surface area contributed by atoms with Crippen molar-refractivity contribution >= 4 is 5.97 Å². The number of carbonyl (C=O) groups excluding carboxylic acids is 1. The Kier molecular flexibility index (Phi) is 5.20. The fourth-order valence-corrected chi connectivity index (χ4v) is 1.38. The summed E-state index contributed by atoms with van der Waals surface area (Å²) < 4.78 is 40.9. The van der Waals surface area contributed by atoms with E-state index in [-0.39, 0.29) is 13.0 Å². The number of benzene rings is 1. The van der Waals surface area contributed by atoms with Gasteiger partial charge in [0.05, 0.1) is 0 Å². The molecular formula is C11H10F3N3O2. The van der Waals surface area contributed by atoms with E-state index in [0.29, 0.717) is 5.56 Å². The molecule has 102 valence electrons. The summed E-state index contributed by atoms with van der Waals surface area (Å²) in [7, 11) is 0. The summed E-state index contributed by atoms with van der Waals surface area (Å²) in [6.07, 6.45) is -6.16. The third-order valence-electron chi connectivity index (χ3n) is 2.21. The number of nitrogens with zero attached hydrogens (tertiary/aromatic N) is 3. The summed E-state index contributed by atoms with van der Waals surface area (Å²) >= 11 is 0. The fraction of sp³-hybridized carbons (Fsp3) is 0.364. The van der Waals surface area contributed by atoms with Crippen LogP contribution >= 0.6 is 0 Å². The van der Waals surface area contributed by atoms with E-state index in [2.05, 4.69) is 14.8 Å². The Morgan fingerprint density at radius 3 is 2.53 bits per heavy atom. The first kappa shape index (κ1) is 14.8. The first-order chi connectivity index (χ1) is 8.95. The smallest absolute Gasteiger partial charge is 0.451 e. The second-order valence-electron chi connectivity index (χ2n) is 3.55. The summed E-state index contributed by atoms with van der Waals surface area (Å²) in [4.78, 5) is 13.3. The standard InChI is InChI=1S/C11H10F3N3O2/c12-11(13,14)10(18)19-9(6-7-16-17-15)8-4-2-1-3-5-8/h1-5,9H,6-7H2. The number of halogens is 3. The summed E-state index contributed by atoms with van der Waals surface area (Å²) in [6.45, 7) is -0.0683. The average Bonchev–Trinajstić information content (AvgIpc) is 2.37. The summed E-state index contributed by atoms with van der Waals surface area (Å²) in [5.74, 6) is -2.26. The molecule has 0 spiro atoms. The lowest BCUT2D eigenvalue weighted by Crippen LogP contribution is -2.27. The van der Waals surface area contributed by atoms with Crippen LogP contribution in [0.15, 0.2) is 35.4 Å². The van der Waals surface area contributed by atoms with Gasteiger partial charge in [-0.1, -0.05) is 35.4 Å². The SMILES string of the molecule is [N-]=[N+]=NCCC(OC(=O)C(F)(F)F)c1ccccc1. The van der Waals surface area contributed by atoms with E-state index in [9.17, 15) is 18.0 Å². The average molecular weight is 273 g/mol. The number of rotatable bonds is 5. The van der Waals surface area contributed by atoms with Crippen LogP contribution in [0, 0.1) is 0 Å². The first-order valence-corrected chi connectivity index (χ1v) is 5.28. The Balaban J connectivity index is 2.81. The Morgan fingerprint density at radius 2 is 2.00 bits per heavy atom. The molecule has 8 heteroatoms. The van der Waals surface area contributed by atoms with Crippen molar-refractivity contribution in [3.8, 4) is 0 Å². The Hall–Kier alpha value is -2.21. The van der Waals surface area contributed by atoms with Crippen LogP contribution in [0.4, 0.5) is 13.2 Å². The van der Waals surface area contributed by atoms with Gasteiger partial charge in [-0.2, -0.15) is 13.2 Å². The van der Waals surface area contributed by atoms with Crippen molar-refractivity contribution in [2.24, 2.45) is 5.11 Å². The van der Waals surface area contributed by atoms with Gasteiger partial charge in [0, 0.05) is 11.5 Å². The van der Waals surface area contributed by atoms with Crippen molar-refractivity contribution in [3.63, 3.8) is 0 Å². The largest absolute Gasteiger partial charge is 0.490 e.